The second-order valence-electron chi connectivity index (χ2n) is 6.56. The summed E-state index contributed by atoms with van der Waals surface area (Å²) < 4.78 is 0. The Morgan fingerprint density at radius 2 is 0.600 bits per heavy atom. The van der Waals surface area contributed by atoms with Crippen LogP contribution in [0.5, 0.6) is 0 Å². The van der Waals surface area contributed by atoms with Crippen LogP contribution < -0.4 is 5.73 Å². The molecule has 0 aliphatic heterocycles. The summed E-state index contributed by atoms with van der Waals surface area (Å²) in [5, 5.41) is 0. The molecule has 0 radical (unpaired) electrons. The molecule has 0 bridgehead atoms. The predicted octanol–water partition coefficient (Wildman–Crippen LogP) is 9.53. The van der Waals surface area contributed by atoms with Crippen LogP contribution >= 0.6 is 0 Å². The third kappa shape index (κ3) is 116. The Hall–Kier alpha value is -0.0400. The zero-order valence-corrected chi connectivity index (χ0v) is 20.2. The van der Waals surface area contributed by atoms with Gasteiger partial charge in [-0.1, -0.05) is 146 Å². The molecule has 0 unspecified atom stereocenters. The maximum Gasteiger partial charge on any atom is -0.00774 e. The summed E-state index contributed by atoms with van der Waals surface area (Å²) in [6.07, 6.45) is 18.7. The van der Waals surface area contributed by atoms with Gasteiger partial charge in [-0.15, -0.1) is 0 Å². The number of hydrogen-bond donors (Lipinski definition) is 1. The van der Waals surface area contributed by atoms with Crippen LogP contribution in [0, 0.1) is 0 Å². The topological polar surface area (TPSA) is 26.0 Å². The summed E-state index contributed by atoms with van der Waals surface area (Å²) in [6, 6.07) is 0. The molecule has 0 aromatic heterocycles. The zero-order chi connectivity index (χ0) is 20.6. The first-order chi connectivity index (χ1) is 12.1. The lowest BCUT2D eigenvalue weighted by molar-refractivity contribution is 0.656. The van der Waals surface area contributed by atoms with Gasteiger partial charge in [0.25, 0.3) is 0 Å². The minimum atomic E-state index is 0.844. The molecule has 0 fully saturated rings. The van der Waals surface area contributed by atoms with Crippen LogP contribution in [-0.2, 0) is 0 Å². The fraction of sp³-hybridized carbons (Fsp3) is 1.00. The van der Waals surface area contributed by atoms with E-state index in [2.05, 4.69) is 62.3 Å². The Labute approximate surface area is 164 Å². The van der Waals surface area contributed by atoms with E-state index in [1.54, 1.807) is 0 Å². The Bertz CT molecular complexity index is 101. The Balaban J connectivity index is -0.0000000679. The van der Waals surface area contributed by atoms with Crippen molar-refractivity contribution in [3.63, 3.8) is 0 Å². The molecule has 0 saturated carbocycles. The van der Waals surface area contributed by atoms with Crippen molar-refractivity contribution in [1.82, 2.24) is 0 Å². The lowest BCUT2D eigenvalue weighted by Crippen LogP contribution is -1.95. The fourth-order valence-electron chi connectivity index (χ4n) is 1.23. The van der Waals surface area contributed by atoms with E-state index in [0.717, 1.165) is 6.54 Å². The van der Waals surface area contributed by atoms with Crippen molar-refractivity contribution in [2.24, 2.45) is 5.73 Å². The number of hydrogen-bond acceptors (Lipinski definition) is 1. The molecule has 0 rings (SSSR count). The molecule has 1 nitrogen and oxygen atoms in total. The Kier molecular flexibility index (Phi) is 81.2. The number of unbranched alkanes of at least 4 members (excludes halogenated alkanes) is 9. The molecule has 160 valence electrons. The molecule has 0 saturated heterocycles. The largest absolute Gasteiger partial charge is 0.330 e. The quantitative estimate of drug-likeness (QED) is 0.385. The van der Waals surface area contributed by atoms with Gasteiger partial charge >= 0.3 is 0 Å². The third-order valence-electron chi connectivity index (χ3n) is 3.47. The minimum absolute atomic E-state index is 0.844. The number of nitrogens with two attached hydrogens (primary N) is 1. The van der Waals surface area contributed by atoms with Crippen LogP contribution in [0.2, 0.25) is 0 Å². The van der Waals surface area contributed by atoms with Gasteiger partial charge in [0.1, 0.15) is 0 Å². The van der Waals surface area contributed by atoms with Gasteiger partial charge in [-0.2, -0.15) is 0 Å². The van der Waals surface area contributed by atoms with Crippen molar-refractivity contribution >= 4 is 0 Å². The van der Waals surface area contributed by atoms with E-state index in [1.165, 1.54) is 89.9 Å². The highest BCUT2D eigenvalue weighted by Gasteiger charge is 1.80. The highest BCUT2D eigenvalue weighted by molar-refractivity contribution is 4.36. The summed E-state index contributed by atoms with van der Waals surface area (Å²) in [5.74, 6) is 0. The maximum absolute atomic E-state index is 5.14. The highest BCUT2D eigenvalue weighted by atomic mass is 14.5. The minimum Gasteiger partial charge on any atom is -0.330 e. The standard InChI is InChI=1S/C7H16.C5H12.C4H11N.2C4H10/c1-3-5-7-6-4-2;1-3-5-4-2;1-2-3-4-5;2*1-3-4-2/h3-7H2,1-2H3;3-5H2,1-2H3;2-5H2,1H3;2*3-4H2,1-2H3. The summed E-state index contributed by atoms with van der Waals surface area (Å²) in [5.41, 5.74) is 5.14. The molecule has 0 amide bonds. The van der Waals surface area contributed by atoms with Crippen LogP contribution in [0.1, 0.15) is 152 Å². The molecule has 0 aliphatic rings. The smallest absolute Gasteiger partial charge is 0.00774 e. The number of rotatable bonds is 10. The van der Waals surface area contributed by atoms with Crippen molar-refractivity contribution in [3.05, 3.63) is 0 Å². The van der Waals surface area contributed by atoms with Crippen molar-refractivity contribution in [2.45, 2.75) is 152 Å². The Morgan fingerprint density at radius 1 is 0.320 bits per heavy atom. The predicted molar refractivity (Wildman–Crippen MR) is 125 cm³/mol. The van der Waals surface area contributed by atoms with E-state index in [-0.39, 0.29) is 0 Å². The van der Waals surface area contributed by atoms with Gasteiger partial charge in [0, 0.05) is 0 Å². The fourth-order valence-corrected chi connectivity index (χ4v) is 1.23. The van der Waals surface area contributed by atoms with Crippen LogP contribution in [0.25, 0.3) is 0 Å². The zero-order valence-electron chi connectivity index (χ0n) is 20.2. The molecule has 0 spiro atoms. The van der Waals surface area contributed by atoms with E-state index in [0.29, 0.717) is 0 Å². The molecular weight excluding hydrogens is 302 g/mol. The normalized spacial score (nSPS) is 8.40. The molecular formula is C24H59N. The van der Waals surface area contributed by atoms with Crippen molar-refractivity contribution in [2.75, 3.05) is 6.54 Å². The van der Waals surface area contributed by atoms with Gasteiger partial charge in [0.2, 0.25) is 0 Å². The van der Waals surface area contributed by atoms with Crippen molar-refractivity contribution < 1.29 is 0 Å². The highest BCUT2D eigenvalue weighted by Crippen LogP contribution is 2.00. The molecule has 0 heterocycles. The molecule has 0 aliphatic carbocycles. The van der Waals surface area contributed by atoms with Crippen molar-refractivity contribution in [1.29, 1.82) is 0 Å². The van der Waals surface area contributed by atoms with Crippen LogP contribution in [0.4, 0.5) is 0 Å². The van der Waals surface area contributed by atoms with Gasteiger partial charge in [0.15, 0.2) is 0 Å². The van der Waals surface area contributed by atoms with E-state index in [1.807, 2.05) is 0 Å². The van der Waals surface area contributed by atoms with Gasteiger partial charge in [-0.3, -0.25) is 0 Å². The summed E-state index contributed by atoms with van der Waals surface area (Å²) in [7, 11) is 0. The Morgan fingerprint density at radius 3 is 0.680 bits per heavy atom. The molecule has 0 aromatic carbocycles. The first kappa shape index (κ1) is 36.0. The van der Waals surface area contributed by atoms with Crippen molar-refractivity contribution in [3.8, 4) is 0 Å². The molecule has 0 aromatic rings. The van der Waals surface area contributed by atoms with Gasteiger partial charge in [-0.25, -0.2) is 0 Å². The van der Waals surface area contributed by atoms with Crippen LogP contribution in [0.3, 0.4) is 0 Å². The average Bonchev–Trinajstić information content (AvgIpc) is 2.65. The van der Waals surface area contributed by atoms with E-state index >= 15 is 0 Å². The average molecular weight is 362 g/mol. The van der Waals surface area contributed by atoms with E-state index in [9.17, 15) is 0 Å². The van der Waals surface area contributed by atoms with E-state index < -0.39 is 0 Å². The first-order valence-corrected chi connectivity index (χ1v) is 11.8. The molecule has 2 N–H and O–H groups in total. The van der Waals surface area contributed by atoms with Crippen LogP contribution in [-0.4, -0.2) is 6.54 Å². The maximum atomic E-state index is 5.14. The van der Waals surface area contributed by atoms with E-state index in [4.69, 9.17) is 5.73 Å². The van der Waals surface area contributed by atoms with Gasteiger partial charge in [0.05, 0.1) is 0 Å². The third-order valence-corrected chi connectivity index (χ3v) is 3.47. The lowest BCUT2D eigenvalue weighted by atomic mass is 10.2. The monoisotopic (exact) mass is 361 g/mol. The molecule has 1 heteroatoms. The summed E-state index contributed by atoms with van der Waals surface area (Å²) >= 11 is 0. The second kappa shape index (κ2) is 56.4. The SMILES string of the molecule is CCCC.CCCC.CCCCC.CCCCCCC.CCCCN. The summed E-state index contributed by atoms with van der Waals surface area (Å²) in [6.45, 7) is 20.6. The summed E-state index contributed by atoms with van der Waals surface area (Å²) in [4.78, 5) is 0. The van der Waals surface area contributed by atoms with Gasteiger partial charge in [-0.05, 0) is 13.0 Å². The van der Waals surface area contributed by atoms with Crippen LogP contribution in [0.15, 0.2) is 0 Å². The molecule has 25 heavy (non-hydrogen) atoms. The van der Waals surface area contributed by atoms with Gasteiger partial charge < -0.3 is 5.73 Å². The first-order valence-electron chi connectivity index (χ1n) is 11.8. The lowest BCUT2D eigenvalue weighted by Gasteiger charge is -1.90. The second-order valence-corrected chi connectivity index (χ2v) is 6.56. The molecule has 0 atom stereocenters.